The molecule has 0 aromatic heterocycles. The van der Waals surface area contributed by atoms with Crippen LogP contribution in [0, 0.1) is 0 Å². The number of hydrogen-bond donors (Lipinski definition) is 1. The van der Waals surface area contributed by atoms with Crippen LogP contribution in [-0.4, -0.2) is 39.6 Å². The van der Waals surface area contributed by atoms with E-state index in [2.05, 4.69) is 45.2 Å². The summed E-state index contributed by atoms with van der Waals surface area (Å²) in [6.45, 7) is 4.96. The summed E-state index contributed by atoms with van der Waals surface area (Å²) in [4.78, 5) is 2.17. The molecule has 4 nitrogen and oxygen atoms in total. The average Bonchev–Trinajstić information content (AvgIpc) is 2.37. The third-order valence-corrected chi connectivity index (χ3v) is 5.39. The van der Waals surface area contributed by atoms with Gasteiger partial charge in [-0.2, -0.15) is 0 Å². The van der Waals surface area contributed by atoms with E-state index in [4.69, 9.17) is 0 Å². The minimum Gasteiger partial charge on any atom is -0.369 e. The Kier molecular flexibility index (Phi) is 4.86. The van der Waals surface area contributed by atoms with E-state index < -0.39 is 9.84 Å². The minimum atomic E-state index is -2.83. The molecule has 1 heterocycles. The van der Waals surface area contributed by atoms with Crippen molar-refractivity contribution in [1.82, 2.24) is 5.32 Å². The van der Waals surface area contributed by atoms with Gasteiger partial charge in [0.2, 0.25) is 0 Å². The first-order valence-corrected chi connectivity index (χ1v) is 9.08. The number of sulfone groups is 1. The van der Waals surface area contributed by atoms with Crippen molar-refractivity contribution in [1.29, 1.82) is 0 Å². The van der Waals surface area contributed by atoms with Crippen molar-refractivity contribution >= 4 is 31.5 Å². The fourth-order valence-electron chi connectivity index (χ4n) is 2.22. The van der Waals surface area contributed by atoms with E-state index in [1.165, 1.54) is 5.56 Å². The van der Waals surface area contributed by atoms with Gasteiger partial charge in [-0.3, -0.25) is 0 Å². The molecule has 1 aliphatic rings. The van der Waals surface area contributed by atoms with Crippen LogP contribution in [0.2, 0.25) is 0 Å². The van der Waals surface area contributed by atoms with Gasteiger partial charge < -0.3 is 10.2 Å². The summed E-state index contributed by atoms with van der Waals surface area (Å²) in [5.41, 5.74) is 2.34. The Bertz CT molecular complexity index is 532. The van der Waals surface area contributed by atoms with Crippen LogP contribution >= 0.6 is 15.9 Å². The van der Waals surface area contributed by atoms with Crippen molar-refractivity contribution in [2.45, 2.75) is 13.5 Å². The first-order chi connectivity index (χ1) is 9.02. The maximum absolute atomic E-state index is 11.5. The third-order valence-electron chi connectivity index (χ3n) is 3.29. The summed E-state index contributed by atoms with van der Waals surface area (Å²) in [5, 5.41) is 3.32. The largest absolute Gasteiger partial charge is 0.369 e. The molecule has 106 valence electrons. The Morgan fingerprint density at radius 3 is 2.63 bits per heavy atom. The van der Waals surface area contributed by atoms with Crippen molar-refractivity contribution in [3.05, 3.63) is 28.2 Å². The van der Waals surface area contributed by atoms with Gasteiger partial charge in [0.25, 0.3) is 0 Å². The van der Waals surface area contributed by atoms with Gasteiger partial charge in [0.05, 0.1) is 11.5 Å². The molecule has 1 fully saturated rings. The lowest BCUT2D eigenvalue weighted by molar-refractivity contribution is 0.586. The molecule has 0 spiro atoms. The molecule has 1 saturated heterocycles. The highest BCUT2D eigenvalue weighted by Crippen LogP contribution is 2.26. The predicted molar refractivity (Wildman–Crippen MR) is 82.4 cm³/mol. The third kappa shape index (κ3) is 3.94. The lowest BCUT2D eigenvalue weighted by Gasteiger charge is -2.30. The first-order valence-electron chi connectivity index (χ1n) is 6.46. The molecule has 0 atom stereocenters. The van der Waals surface area contributed by atoms with Crippen LogP contribution in [0.3, 0.4) is 0 Å². The average molecular weight is 347 g/mol. The molecule has 0 aliphatic carbocycles. The van der Waals surface area contributed by atoms with E-state index in [0.717, 1.165) is 23.2 Å². The van der Waals surface area contributed by atoms with Crippen LogP contribution in [-0.2, 0) is 16.4 Å². The summed E-state index contributed by atoms with van der Waals surface area (Å²) in [6, 6.07) is 6.17. The van der Waals surface area contributed by atoms with E-state index in [-0.39, 0.29) is 11.5 Å². The quantitative estimate of drug-likeness (QED) is 0.902. The number of nitrogens with one attached hydrogen (secondary N) is 1. The highest BCUT2D eigenvalue weighted by atomic mass is 79.9. The van der Waals surface area contributed by atoms with Crippen molar-refractivity contribution < 1.29 is 8.42 Å². The van der Waals surface area contributed by atoms with Gasteiger partial charge in [0, 0.05) is 29.8 Å². The normalized spacial score (nSPS) is 18.5. The summed E-state index contributed by atoms with van der Waals surface area (Å²) < 4.78 is 24.0. The van der Waals surface area contributed by atoms with Crippen LogP contribution < -0.4 is 10.2 Å². The Morgan fingerprint density at radius 1 is 1.32 bits per heavy atom. The maximum atomic E-state index is 11.5. The molecule has 1 aromatic carbocycles. The van der Waals surface area contributed by atoms with Crippen molar-refractivity contribution in [2.75, 3.05) is 36.0 Å². The summed E-state index contributed by atoms with van der Waals surface area (Å²) in [6.07, 6.45) is 0. The summed E-state index contributed by atoms with van der Waals surface area (Å²) in [7, 11) is -2.83. The van der Waals surface area contributed by atoms with E-state index in [9.17, 15) is 8.42 Å². The zero-order valence-corrected chi connectivity index (χ0v) is 13.4. The molecule has 0 radical (unpaired) electrons. The van der Waals surface area contributed by atoms with E-state index >= 15 is 0 Å². The van der Waals surface area contributed by atoms with Crippen LogP contribution in [0.1, 0.15) is 12.5 Å². The number of hydrogen-bond acceptors (Lipinski definition) is 4. The molecule has 6 heteroatoms. The van der Waals surface area contributed by atoms with E-state index in [0.29, 0.717) is 13.1 Å². The van der Waals surface area contributed by atoms with Crippen LogP contribution in [0.4, 0.5) is 5.69 Å². The number of halogens is 1. The second-order valence-corrected chi connectivity index (χ2v) is 7.91. The van der Waals surface area contributed by atoms with Gasteiger partial charge in [-0.25, -0.2) is 8.42 Å². The maximum Gasteiger partial charge on any atom is 0.153 e. The molecule has 0 unspecified atom stereocenters. The highest BCUT2D eigenvalue weighted by Gasteiger charge is 2.23. The molecule has 0 amide bonds. The molecule has 1 aromatic rings. The molecular formula is C13H19BrN2O2S. The van der Waals surface area contributed by atoms with Gasteiger partial charge in [0.1, 0.15) is 0 Å². The number of anilines is 1. The van der Waals surface area contributed by atoms with E-state index in [1.54, 1.807) is 0 Å². The Hall–Kier alpha value is -0.590. The molecular weight excluding hydrogens is 328 g/mol. The molecule has 19 heavy (non-hydrogen) atoms. The Labute approximate surface area is 123 Å². The predicted octanol–water partition coefficient (Wildman–Crippen LogP) is 1.79. The summed E-state index contributed by atoms with van der Waals surface area (Å²) in [5.74, 6) is 0.507. The van der Waals surface area contributed by atoms with Gasteiger partial charge in [0.15, 0.2) is 9.84 Å². The lowest BCUT2D eigenvalue weighted by atomic mass is 10.1. The smallest absolute Gasteiger partial charge is 0.153 e. The standard InChI is InChI=1S/C13H19BrN2O2S/c1-2-15-10-11-9-12(14)3-4-13(11)16-5-7-19(17,18)8-6-16/h3-4,9,15H,2,5-8,10H2,1H3. The number of benzene rings is 1. The fourth-order valence-corrected chi connectivity index (χ4v) is 3.83. The highest BCUT2D eigenvalue weighted by molar-refractivity contribution is 9.10. The lowest BCUT2D eigenvalue weighted by Crippen LogP contribution is -2.40. The zero-order valence-electron chi connectivity index (χ0n) is 11.0. The zero-order chi connectivity index (χ0) is 13.9. The van der Waals surface area contributed by atoms with Crippen molar-refractivity contribution in [3.63, 3.8) is 0 Å². The van der Waals surface area contributed by atoms with Crippen molar-refractivity contribution in [2.24, 2.45) is 0 Å². The minimum absolute atomic E-state index is 0.254. The first kappa shape index (κ1) is 14.8. The SMILES string of the molecule is CCNCc1cc(Br)ccc1N1CCS(=O)(=O)CC1. The van der Waals surface area contributed by atoms with Gasteiger partial charge in [-0.05, 0) is 30.3 Å². The van der Waals surface area contributed by atoms with E-state index in [1.807, 2.05) is 6.07 Å². The van der Waals surface area contributed by atoms with Gasteiger partial charge in [-0.15, -0.1) is 0 Å². The molecule has 0 saturated carbocycles. The monoisotopic (exact) mass is 346 g/mol. The molecule has 1 aliphatic heterocycles. The number of nitrogens with zero attached hydrogens (tertiary/aromatic N) is 1. The van der Waals surface area contributed by atoms with Crippen LogP contribution in [0.25, 0.3) is 0 Å². The Balaban J connectivity index is 2.19. The van der Waals surface area contributed by atoms with Crippen molar-refractivity contribution in [3.8, 4) is 0 Å². The van der Waals surface area contributed by atoms with Crippen LogP contribution in [0.15, 0.2) is 22.7 Å². The fraction of sp³-hybridized carbons (Fsp3) is 0.538. The molecule has 2 rings (SSSR count). The topological polar surface area (TPSA) is 49.4 Å². The van der Waals surface area contributed by atoms with Gasteiger partial charge in [-0.1, -0.05) is 22.9 Å². The summed E-state index contributed by atoms with van der Waals surface area (Å²) >= 11 is 3.49. The second kappa shape index (κ2) is 6.24. The number of rotatable bonds is 4. The Morgan fingerprint density at radius 2 is 2.00 bits per heavy atom. The van der Waals surface area contributed by atoms with Crippen LogP contribution in [0.5, 0.6) is 0 Å². The molecule has 0 bridgehead atoms. The molecule has 1 N–H and O–H groups in total. The second-order valence-electron chi connectivity index (χ2n) is 4.69. The van der Waals surface area contributed by atoms with Gasteiger partial charge >= 0.3 is 0 Å².